The fourth-order valence-corrected chi connectivity index (χ4v) is 1.09. The molecular weight excluding hydrogens is 166 g/mol. The first-order valence-corrected chi connectivity index (χ1v) is 3.31. The Labute approximate surface area is 71.7 Å². The van der Waals surface area contributed by atoms with Gasteiger partial charge >= 0.3 is 0 Å². The second kappa shape index (κ2) is 4.18. The zero-order valence-corrected chi connectivity index (χ0v) is 6.99. The third-order valence-electron chi connectivity index (χ3n) is 1.57. The van der Waals surface area contributed by atoms with Crippen LogP contribution in [0, 0.1) is 5.41 Å². The molecule has 0 bridgehead atoms. The zero-order valence-electron chi connectivity index (χ0n) is 6.17. The number of halogens is 1. The van der Waals surface area contributed by atoms with E-state index in [1.165, 1.54) is 0 Å². The standard InChI is InChI=1S/C6H11N3O.ClH/c7-5-2-1-3-9(5)4-6(8)10;/h7H,1-4H2,(H2,8,10);1H. The van der Waals surface area contributed by atoms with Crippen LogP contribution < -0.4 is 5.73 Å². The van der Waals surface area contributed by atoms with Crippen LogP contribution in [0.4, 0.5) is 0 Å². The molecular formula is C6H12ClN3O. The number of nitrogens with zero attached hydrogens (tertiary/aromatic N) is 1. The van der Waals surface area contributed by atoms with E-state index in [2.05, 4.69) is 0 Å². The van der Waals surface area contributed by atoms with Crippen molar-refractivity contribution in [3.05, 3.63) is 0 Å². The van der Waals surface area contributed by atoms with Crippen molar-refractivity contribution < 1.29 is 4.79 Å². The quantitative estimate of drug-likeness (QED) is 0.622. The lowest BCUT2D eigenvalue weighted by Gasteiger charge is -2.14. The number of nitrogens with two attached hydrogens (primary N) is 1. The Kier molecular flexibility index (Phi) is 3.89. The average Bonchev–Trinajstić information content (AvgIpc) is 2.15. The molecule has 1 amide bonds. The molecule has 0 saturated carbocycles. The summed E-state index contributed by atoms with van der Waals surface area (Å²) < 4.78 is 0. The molecule has 0 aromatic rings. The van der Waals surface area contributed by atoms with Crippen molar-refractivity contribution in [1.82, 2.24) is 4.90 Å². The molecule has 5 heteroatoms. The summed E-state index contributed by atoms with van der Waals surface area (Å²) in [6, 6.07) is 0. The van der Waals surface area contributed by atoms with E-state index in [1.54, 1.807) is 4.90 Å². The summed E-state index contributed by atoms with van der Waals surface area (Å²) in [6.45, 7) is 1.01. The first-order chi connectivity index (χ1) is 4.70. The molecule has 1 saturated heterocycles. The van der Waals surface area contributed by atoms with E-state index in [9.17, 15) is 4.79 Å². The highest BCUT2D eigenvalue weighted by atomic mass is 35.5. The van der Waals surface area contributed by atoms with Gasteiger partial charge in [0.05, 0.1) is 12.4 Å². The fraction of sp³-hybridized carbons (Fsp3) is 0.667. The molecule has 0 aliphatic carbocycles. The molecule has 0 aromatic carbocycles. The molecule has 11 heavy (non-hydrogen) atoms. The van der Waals surface area contributed by atoms with Gasteiger partial charge in [-0.05, 0) is 6.42 Å². The van der Waals surface area contributed by atoms with Crippen LogP contribution in [0.5, 0.6) is 0 Å². The van der Waals surface area contributed by atoms with Gasteiger partial charge in [0.25, 0.3) is 0 Å². The van der Waals surface area contributed by atoms with Gasteiger partial charge in [-0.15, -0.1) is 12.4 Å². The van der Waals surface area contributed by atoms with Gasteiger partial charge in [-0.3, -0.25) is 10.2 Å². The maximum absolute atomic E-state index is 10.4. The number of carbonyl (C=O) groups excluding carboxylic acids is 1. The van der Waals surface area contributed by atoms with Crippen LogP contribution in [0.1, 0.15) is 12.8 Å². The lowest BCUT2D eigenvalue weighted by molar-refractivity contribution is -0.118. The molecule has 1 heterocycles. The van der Waals surface area contributed by atoms with Gasteiger partial charge in [-0.1, -0.05) is 0 Å². The maximum Gasteiger partial charge on any atom is 0.236 e. The summed E-state index contributed by atoms with van der Waals surface area (Å²) in [5, 5.41) is 7.32. The number of nitrogens with one attached hydrogen (secondary N) is 1. The van der Waals surface area contributed by atoms with Gasteiger partial charge in [-0.25, -0.2) is 0 Å². The van der Waals surface area contributed by atoms with Crippen LogP contribution in [0.2, 0.25) is 0 Å². The van der Waals surface area contributed by atoms with E-state index >= 15 is 0 Å². The number of likely N-dealkylation sites (tertiary alicyclic amines) is 1. The monoisotopic (exact) mass is 177 g/mol. The number of amidine groups is 1. The molecule has 1 rings (SSSR count). The molecule has 64 valence electrons. The largest absolute Gasteiger partial charge is 0.368 e. The molecule has 0 spiro atoms. The Bertz CT molecular complexity index is 171. The summed E-state index contributed by atoms with van der Waals surface area (Å²) in [6.07, 6.45) is 1.76. The minimum absolute atomic E-state index is 0. The summed E-state index contributed by atoms with van der Waals surface area (Å²) in [4.78, 5) is 12.1. The summed E-state index contributed by atoms with van der Waals surface area (Å²) in [7, 11) is 0. The normalized spacial score (nSPS) is 16.4. The van der Waals surface area contributed by atoms with E-state index < -0.39 is 0 Å². The minimum Gasteiger partial charge on any atom is -0.368 e. The average molecular weight is 178 g/mol. The van der Waals surface area contributed by atoms with E-state index in [0.717, 1.165) is 19.4 Å². The van der Waals surface area contributed by atoms with Crippen molar-refractivity contribution in [2.45, 2.75) is 12.8 Å². The minimum atomic E-state index is -0.355. The van der Waals surface area contributed by atoms with Crippen molar-refractivity contribution in [3.8, 4) is 0 Å². The van der Waals surface area contributed by atoms with Gasteiger partial charge in [0.15, 0.2) is 0 Å². The molecule has 3 N–H and O–H groups in total. The van der Waals surface area contributed by atoms with Crippen molar-refractivity contribution in [2.24, 2.45) is 5.73 Å². The van der Waals surface area contributed by atoms with Crippen LogP contribution in [0.15, 0.2) is 0 Å². The predicted molar refractivity (Wildman–Crippen MR) is 45.0 cm³/mol. The Morgan fingerprint density at radius 2 is 2.36 bits per heavy atom. The second-order valence-electron chi connectivity index (χ2n) is 2.44. The lowest BCUT2D eigenvalue weighted by atomic mass is 10.4. The van der Waals surface area contributed by atoms with Crippen LogP contribution in [-0.4, -0.2) is 29.7 Å². The van der Waals surface area contributed by atoms with Gasteiger partial charge < -0.3 is 10.6 Å². The topological polar surface area (TPSA) is 70.2 Å². The number of rotatable bonds is 2. The van der Waals surface area contributed by atoms with Crippen LogP contribution >= 0.6 is 12.4 Å². The molecule has 0 unspecified atom stereocenters. The van der Waals surface area contributed by atoms with Crippen molar-refractivity contribution in [2.75, 3.05) is 13.1 Å². The maximum atomic E-state index is 10.4. The smallest absolute Gasteiger partial charge is 0.236 e. The van der Waals surface area contributed by atoms with Gasteiger partial charge in [-0.2, -0.15) is 0 Å². The lowest BCUT2D eigenvalue weighted by Crippen LogP contribution is -2.34. The van der Waals surface area contributed by atoms with Crippen LogP contribution in [0.3, 0.4) is 0 Å². The number of amides is 1. The Hall–Kier alpha value is -0.770. The van der Waals surface area contributed by atoms with Gasteiger partial charge in [0.1, 0.15) is 0 Å². The van der Waals surface area contributed by atoms with Crippen LogP contribution in [-0.2, 0) is 4.79 Å². The Balaban J connectivity index is 0.000001000. The Morgan fingerprint density at radius 1 is 1.73 bits per heavy atom. The summed E-state index contributed by atoms with van der Waals surface area (Å²) in [5.41, 5.74) is 4.96. The fourth-order valence-electron chi connectivity index (χ4n) is 1.09. The number of carbonyl (C=O) groups is 1. The molecule has 0 radical (unpaired) electrons. The SMILES string of the molecule is Cl.N=C1CCCN1CC(N)=O. The summed E-state index contributed by atoms with van der Waals surface area (Å²) in [5.74, 6) is 0.186. The van der Waals surface area contributed by atoms with E-state index in [-0.39, 0.29) is 24.9 Å². The molecule has 4 nitrogen and oxygen atoms in total. The van der Waals surface area contributed by atoms with E-state index in [4.69, 9.17) is 11.1 Å². The Morgan fingerprint density at radius 3 is 2.73 bits per heavy atom. The molecule has 0 atom stereocenters. The second-order valence-corrected chi connectivity index (χ2v) is 2.44. The third kappa shape index (κ3) is 2.76. The highest BCUT2D eigenvalue weighted by Gasteiger charge is 2.17. The van der Waals surface area contributed by atoms with E-state index in [0.29, 0.717) is 5.84 Å². The highest BCUT2D eigenvalue weighted by molar-refractivity contribution is 5.86. The third-order valence-corrected chi connectivity index (χ3v) is 1.57. The van der Waals surface area contributed by atoms with E-state index in [1.807, 2.05) is 0 Å². The number of hydrogen-bond donors (Lipinski definition) is 2. The van der Waals surface area contributed by atoms with Gasteiger partial charge in [0, 0.05) is 13.0 Å². The van der Waals surface area contributed by atoms with Crippen molar-refractivity contribution in [3.63, 3.8) is 0 Å². The predicted octanol–water partition coefficient (Wildman–Crippen LogP) is -0.0334. The highest BCUT2D eigenvalue weighted by Crippen LogP contribution is 2.08. The first kappa shape index (κ1) is 10.2. The molecule has 1 fully saturated rings. The molecule has 1 aliphatic rings. The van der Waals surface area contributed by atoms with Crippen molar-refractivity contribution >= 4 is 24.1 Å². The van der Waals surface area contributed by atoms with Gasteiger partial charge in [0.2, 0.25) is 5.91 Å². The van der Waals surface area contributed by atoms with Crippen molar-refractivity contribution in [1.29, 1.82) is 5.41 Å². The van der Waals surface area contributed by atoms with Crippen LogP contribution in [0.25, 0.3) is 0 Å². The number of hydrogen-bond acceptors (Lipinski definition) is 2. The first-order valence-electron chi connectivity index (χ1n) is 3.31. The zero-order chi connectivity index (χ0) is 7.56. The molecule has 0 aromatic heterocycles. The number of primary amides is 1. The molecule has 1 aliphatic heterocycles. The summed E-state index contributed by atoms with van der Waals surface area (Å²) >= 11 is 0.